The van der Waals surface area contributed by atoms with Gasteiger partial charge in [0, 0.05) is 12.6 Å². The number of rotatable bonds is 6. The summed E-state index contributed by atoms with van der Waals surface area (Å²) in [6.45, 7) is 2.68. The predicted molar refractivity (Wildman–Crippen MR) is 102 cm³/mol. The first-order valence-electron chi connectivity index (χ1n) is 10.00. The van der Waals surface area contributed by atoms with E-state index >= 15 is 0 Å². The highest BCUT2D eigenvalue weighted by atomic mass is 16.5. The Morgan fingerprint density at radius 2 is 1.96 bits per heavy atom. The number of carbonyl (C=O) groups excluding carboxylic acids is 2. The van der Waals surface area contributed by atoms with Crippen molar-refractivity contribution in [2.24, 2.45) is 11.8 Å². The number of aliphatic carboxylic acids is 1. The molecule has 1 aromatic carbocycles. The van der Waals surface area contributed by atoms with Gasteiger partial charge in [-0.3, -0.25) is 9.59 Å². The number of nitrogens with zero attached hydrogens (tertiary/aromatic N) is 1. The Morgan fingerprint density at radius 3 is 2.64 bits per heavy atom. The minimum Gasteiger partial charge on any atom is -0.481 e. The van der Waals surface area contributed by atoms with E-state index in [1.165, 1.54) is 0 Å². The van der Waals surface area contributed by atoms with Crippen molar-refractivity contribution in [2.45, 2.75) is 57.7 Å². The number of alkyl carbamates (subject to hydrolysis) is 1. The van der Waals surface area contributed by atoms with Crippen LogP contribution in [0.2, 0.25) is 0 Å². The van der Waals surface area contributed by atoms with E-state index in [2.05, 4.69) is 12.2 Å². The van der Waals surface area contributed by atoms with E-state index in [9.17, 15) is 19.5 Å². The van der Waals surface area contributed by atoms with Gasteiger partial charge in [-0.25, -0.2) is 4.79 Å². The monoisotopic (exact) mass is 388 g/mol. The molecule has 0 radical (unpaired) electrons. The van der Waals surface area contributed by atoms with Crippen LogP contribution in [0, 0.1) is 11.8 Å². The molecule has 1 aromatic rings. The summed E-state index contributed by atoms with van der Waals surface area (Å²) >= 11 is 0. The number of likely N-dealkylation sites (tertiary alicyclic amines) is 1. The van der Waals surface area contributed by atoms with E-state index in [1.807, 2.05) is 30.3 Å². The van der Waals surface area contributed by atoms with Crippen molar-refractivity contribution >= 4 is 18.0 Å². The van der Waals surface area contributed by atoms with Crippen molar-refractivity contribution in [3.63, 3.8) is 0 Å². The van der Waals surface area contributed by atoms with Gasteiger partial charge >= 0.3 is 12.1 Å². The van der Waals surface area contributed by atoms with Crippen LogP contribution in [-0.4, -0.2) is 46.6 Å². The summed E-state index contributed by atoms with van der Waals surface area (Å²) in [5, 5.41) is 12.3. The highest BCUT2D eigenvalue weighted by Crippen LogP contribution is 2.36. The van der Waals surface area contributed by atoms with E-state index in [1.54, 1.807) is 4.90 Å². The lowest BCUT2D eigenvalue weighted by molar-refractivity contribution is -0.148. The van der Waals surface area contributed by atoms with Gasteiger partial charge < -0.3 is 20.1 Å². The number of carboxylic acids is 1. The third kappa shape index (κ3) is 4.64. The van der Waals surface area contributed by atoms with E-state index in [0.717, 1.165) is 18.4 Å². The molecule has 152 valence electrons. The summed E-state index contributed by atoms with van der Waals surface area (Å²) in [5.41, 5.74) is 0.869. The number of amides is 2. The Hall–Kier alpha value is -2.57. The quantitative estimate of drug-likeness (QED) is 0.781. The fraction of sp³-hybridized carbons (Fsp3) is 0.571. The molecule has 0 bridgehead atoms. The van der Waals surface area contributed by atoms with Crippen LogP contribution in [0.25, 0.3) is 0 Å². The number of nitrogens with one attached hydrogen (secondary N) is 1. The fourth-order valence-electron chi connectivity index (χ4n) is 4.32. The van der Waals surface area contributed by atoms with Gasteiger partial charge in [0.25, 0.3) is 0 Å². The number of carbonyl (C=O) groups is 3. The van der Waals surface area contributed by atoms with Crippen LogP contribution in [0.5, 0.6) is 0 Å². The molecule has 1 heterocycles. The van der Waals surface area contributed by atoms with Crippen molar-refractivity contribution < 1.29 is 24.2 Å². The van der Waals surface area contributed by atoms with Crippen LogP contribution >= 0.6 is 0 Å². The number of ether oxygens (including phenoxy) is 1. The maximum absolute atomic E-state index is 12.8. The molecule has 1 saturated heterocycles. The summed E-state index contributed by atoms with van der Waals surface area (Å²) in [6.07, 6.45) is 3.05. The summed E-state index contributed by atoms with van der Waals surface area (Å²) in [6, 6.07) is 8.38. The zero-order valence-corrected chi connectivity index (χ0v) is 16.2. The van der Waals surface area contributed by atoms with Gasteiger partial charge in [0.1, 0.15) is 12.6 Å². The average molecular weight is 388 g/mol. The molecule has 0 aromatic heterocycles. The standard InChI is InChI=1S/C21H28N2O5/c1-2-14-8-9-18(16(12-14)20(25)26)23-11-10-17(19(23)24)22-21(27)28-13-15-6-4-3-5-7-15/h3-7,14,16-18H,2,8-13H2,1H3,(H,22,27)(H,25,26)/t14?,16-,17+,18+/m1/s1. The Labute approximate surface area is 165 Å². The number of benzene rings is 1. The molecule has 1 unspecified atom stereocenters. The number of hydrogen-bond acceptors (Lipinski definition) is 4. The largest absolute Gasteiger partial charge is 0.481 e. The van der Waals surface area contributed by atoms with Crippen molar-refractivity contribution in [2.75, 3.05) is 6.54 Å². The fourth-order valence-corrected chi connectivity index (χ4v) is 4.32. The zero-order chi connectivity index (χ0) is 20.1. The second kappa shape index (κ2) is 9.08. The van der Waals surface area contributed by atoms with Crippen molar-refractivity contribution in [3.05, 3.63) is 35.9 Å². The van der Waals surface area contributed by atoms with E-state index in [0.29, 0.717) is 31.7 Å². The first kappa shape index (κ1) is 20.2. The molecule has 7 nitrogen and oxygen atoms in total. The number of hydrogen-bond donors (Lipinski definition) is 2. The SMILES string of the molecule is CCC1CC[C@H](N2CC[C@H](NC(=O)OCc3ccccc3)C2=O)[C@H](C(=O)O)C1. The second-order valence-electron chi connectivity index (χ2n) is 7.68. The topological polar surface area (TPSA) is 95.9 Å². The lowest BCUT2D eigenvalue weighted by Gasteiger charge is -2.39. The Morgan fingerprint density at radius 1 is 1.21 bits per heavy atom. The van der Waals surface area contributed by atoms with Gasteiger partial charge in [0.2, 0.25) is 5.91 Å². The van der Waals surface area contributed by atoms with Gasteiger partial charge in [-0.15, -0.1) is 0 Å². The third-order valence-electron chi connectivity index (χ3n) is 5.96. The second-order valence-corrected chi connectivity index (χ2v) is 7.68. The average Bonchev–Trinajstić information content (AvgIpc) is 3.06. The third-order valence-corrected chi connectivity index (χ3v) is 5.96. The molecule has 2 fully saturated rings. The van der Waals surface area contributed by atoms with Gasteiger partial charge in [0.05, 0.1) is 5.92 Å². The zero-order valence-electron chi connectivity index (χ0n) is 16.2. The van der Waals surface area contributed by atoms with Crippen LogP contribution in [-0.2, 0) is 20.9 Å². The highest BCUT2D eigenvalue weighted by molar-refractivity contribution is 5.88. The number of carboxylic acid groups (broad SMARTS) is 1. The van der Waals surface area contributed by atoms with Crippen molar-refractivity contribution in [3.8, 4) is 0 Å². The molecular formula is C21H28N2O5. The first-order chi connectivity index (χ1) is 13.5. The summed E-state index contributed by atoms with van der Waals surface area (Å²) < 4.78 is 5.19. The van der Waals surface area contributed by atoms with E-state index in [4.69, 9.17) is 4.74 Å². The lowest BCUT2D eigenvalue weighted by atomic mass is 9.76. The minimum atomic E-state index is -0.838. The summed E-state index contributed by atoms with van der Waals surface area (Å²) in [4.78, 5) is 38.3. The molecule has 0 spiro atoms. The van der Waals surface area contributed by atoms with Crippen LogP contribution < -0.4 is 5.32 Å². The highest BCUT2D eigenvalue weighted by Gasteiger charge is 2.44. The Kier molecular flexibility index (Phi) is 6.54. The molecule has 1 aliphatic heterocycles. The van der Waals surface area contributed by atoms with Crippen LogP contribution in [0.4, 0.5) is 4.79 Å². The maximum Gasteiger partial charge on any atom is 0.408 e. The Bertz CT molecular complexity index is 708. The van der Waals surface area contributed by atoms with Crippen LogP contribution in [0.15, 0.2) is 30.3 Å². The minimum absolute atomic E-state index is 0.138. The Balaban J connectivity index is 1.55. The van der Waals surface area contributed by atoms with Crippen molar-refractivity contribution in [1.29, 1.82) is 0 Å². The molecule has 7 heteroatoms. The predicted octanol–water partition coefficient (Wildman–Crippen LogP) is 2.79. The molecule has 3 rings (SSSR count). The molecule has 2 amide bonds. The first-order valence-corrected chi connectivity index (χ1v) is 10.00. The molecule has 28 heavy (non-hydrogen) atoms. The van der Waals surface area contributed by atoms with Gasteiger partial charge in [-0.05, 0) is 37.2 Å². The summed E-state index contributed by atoms with van der Waals surface area (Å²) in [5.74, 6) is -1.18. The normalized spacial score (nSPS) is 27.5. The van der Waals surface area contributed by atoms with Crippen LogP contribution in [0.3, 0.4) is 0 Å². The van der Waals surface area contributed by atoms with E-state index in [-0.39, 0.29) is 18.6 Å². The van der Waals surface area contributed by atoms with Crippen LogP contribution in [0.1, 0.15) is 44.6 Å². The summed E-state index contributed by atoms with van der Waals surface area (Å²) in [7, 11) is 0. The van der Waals surface area contributed by atoms with E-state index < -0.39 is 24.0 Å². The lowest BCUT2D eigenvalue weighted by Crippen LogP contribution is -2.50. The van der Waals surface area contributed by atoms with Gasteiger partial charge in [-0.1, -0.05) is 43.7 Å². The molecule has 4 atom stereocenters. The molecule has 1 saturated carbocycles. The van der Waals surface area contributed by atoms with Gasteiger partial charge in [-0.2, -0.15) is 0 Å². The smallest absolute Gasteiger partial charge is 0.408 e. The molecule has 2 aliphatic rings. The molecular weight excluding hydrogens is 360 g/mol. The van der Waals surface area contributed by atoms with Crippen molar-refractivity contribution in [1.82, 2.24) is 10.2 Å². The van der Waals surface area contributed by atoms with Gasteiger partial charge in [0.15, 0.2) is 0 Å². The molecule has 2 N–H and O–H groups in total. The molecule has 1 aliphatic carbocycles. The maximum atomic E-state index is 12.8.